The van der Waals surface area contributed by atoms with Gasteiger partial charge in [0, 0.05) is 11.6 Å². The van der Waals surface area contributed by atoms with Crippen LogP contribution in [-0.2, 0) is 16.6 Å². The van der Waals surface area contributed by atoms with Gasteiger partial charge in [-0.05, 0) is 50.2 Å². The van der Waals surface area contributed by atoms with Gasteiger partial charge >= 0.3 is 0 Å². The normalized spacial score (nSPS) is 39.5. The Morgan fingerprint density at radius 3 is 2.96 bits per heavy atom. The summed E-state index contributed by atoms with van der Waals surface area (Å²) in [5, 5.41) is 21.7. The maximum absolute atomic E-state index is 12.4. The minimum Gasteiger partial charge on any atom is -0.504 e. The van der Waals surface area contributed by atoms with Crippen molar-refractivity contribution in [3.05, 3.63) is 35.4 Å². The highest BCUT2D eigenvalue weighted by atomic mass is 35.5. The van der Waals surface area contributed by atoms with E-state index in [1.807, 2.05) is 13.1 Å². The topological polar surface area (TPSA) is 70.0 Å². The summed E-state index contributed by atoms with van der Waals surface area (Å²) in [4.78, 5) is 14.6. The van der Waals surface area contributed by atoms with Crippen molar-refractivity contribution in [2.45, 2.75) is 36.0 Å². The number of carbonyl (C=O) groups is 1. The molecule has 0 radical (unpaired) electrons. The number of ketones is 1. The average Bonchev–Trinajstić information content (AvgIpc) is 2.85. The molecule has 6 heteroatoms. The van der Waals surface area contributed by atoms with E-state index in [2.05, 4.69) is 4.90 Å². The van der Waals surface area contributed by atoms with Gasteiger partial charge in [0.05, 0.1) is 5.41 Å². The number of hydrogen-bond acceptors (Lipinski definition) is 5. The third-order valence-electron chi connectivity index (χ3n) is 6.14. The van der Waals surface area contributed by atoms with Crippen molar-refractivity contribution < 1.29 is 19.7 Å². The van der Waals surface area contributed by atoms with Gasteiger partial charge in [-0.25, -0.2) is 0 Å². The molecule has 122 valence electrons. The highest BCUT2D eigenvalue weighted by Gasteiger charge is 2.71. The quantitative estimate of drug-likeness (QED) is 0.738. The molecule has 1 saturated heterocycles. The number of aromatic hydroxyl groups is 1. The first-order valence-corrected chi connectivity index (χ1v) is 7.67. The fraction of sp³-hybridized carbons (Fsp3) is 0.471. The monoisotopic (exact) mass is 335 g/mol. The zero-order valence-electron chi connectivity index (χ0n) is 12.7. The lowest BCUT2D eigenvalue weighted by atomic mass is 9.51. The van der Waals surface area contributed by atoms with Gasteiger partial charge in [0.15, 0.2) is 23.4 Å². The molecule has 2 unspecified atom stereocenters. The minimum absolute atomic E-state index is 0. The number of likely N-dealkylation sites (tertiary alicyclic amines) is 1. The molecular formula is C17H18ClNO4. The van der Waals surface area contributed by atoms with Crippen molar-refractivity contribution in [1.29, 1.82) is 0 Å². The molecule has 2 N–H and O–H groups in total. The molecular weight excluding hydrogens is 318 g/mol. The summed E-state index contributed by atoms with van der Waals surface area (Å²) >= 11 is 0. The largest absolute Gasteiger partial charge is 0.504 e. The van der Waals surface area contributed by atoms with Gasteiger partial charge in [-0.1, -0.05) is 6.07 Å². The standard InChI is InChI=1S/C17H17NO4.ClH/c1-18-7-6-16-13-9-2-3-10(19)14(13)22-15(16)11(20)4-5-17(16,21)12(18)8-9;/h2-5,12,15,19,21H,6-8H2,1H3;1H/t12?,15-,16-,17?;/m0./s1. The third kappa shape index (κ3) is 1.40. The zero-order chi connectivity index (χ0) is 15.3. The van der Waals surface area contributed by atoms with Crippen LogP contribution in [0, 0.1) is 0 Å². The highest BCUT2D eigenvalue weighted by molar-refractivity contribution is 5.99. The van der Waals surface area contributed by atoms with Crippen LogP contribution >= 0.6 is 12.4 Å². The molecule has 2 heterocycles. The fourth-order valence-electron chi connectivity index (χ4n) is 5.13. The van der Waals surface area contributed by atoms with E-state index in [4.69, 9.17) is 4.74 Å². The zero-order valence-corrected chi connectivity index (χ0v) is 13.5. The number of phenols is 1. The van der Waals surface area contributed by atoms with Crippen molar-refractivity contribution in [3.63, 3.8) is 0 Å². The van der Waals surface area contributed by atoms with E-state index in [9.17, 15) is 15.0 Å². The smallest absolute Gasteiger partial charge is 0.196 e. The Hall–Kier alpha value is -1.56. The van der Waals surface area contributed by atoms with Crippen LogP contribution in [0.3, 0.4) is 0 Å². The van der Waals surface area contributed by atoms with E-state index in [-0.39, 0.29) is 30.0 Å². The van der Waals surface area contributed by atoms with Gasteiger partial charge in [0.25, 0.3) is 0 Å². The van der Waals surface area contributed by atoms with Crippen LogP contribution in [0.4, 0.5) is 0 Å². The molecule has 1 aromatic rings. The van der Waals surface area contributed by atoms with Crippen molar-refractivity contribution in [2.24, 2.45) is 0 Å². The number of aliphatic hydroxyl groups is 1. The van der Waals surface area contributed by atoms with Crippen molar-refractivity contribution >= 4 is 18.2 Å². The number of piperidine rings is 1. The summed E-state index contributed by atoms with van der Waals surface area (Å²) in [6.07, 6.45) is 3.70. The molecule has 1 spiro atoms. The number of likely N-dealkylation sites (N-methyl/N-ethyl adjacent to an activating group) is 1. The lowest BCUT2D eigenvalue weighted by molar-refractivity contribution is -0.151. The number of ether oxygens (including phenoxy) is 1. The molecule has 4 atom stereocenters. The summed E-state index contributed by atoms with van der Waals surface area (Å²) in [5.74, 6) is 0.312. The second kappa shape index (κ2) is 4.29. The molecule has 4 aliphatic rings. The Balaban J connectivity index is 0.00000135. The summed E-state index contributed by atoms with van der Waals surface area (Å²) in [7, 11) is 2.01. The van der Waals surface area contributed by atoms with Gasteiger partial charge in [0.2, 0.25) is 0 Å². The molecule has 0 saturated carbocycles. The number of carbonyl (C=O) groups excluding carboxylic acids is 1. The molecule has 2 aliphatic carbocycles. The number of rotatable bonds is 0. The molecule has 0 aromatic heterocycles. The molecule has 1 aromatic carbocycles. The Morgan fingerprint density at radius 2 is 2.17 bits per heavy atom. The van der Waals surface area contributed by atoms with Crippen LogP contribution < -0.4 is 4.74 Å². The fourth-order valence-corrected chi connectivity index (χ4v) is 5.13. The maximum Gasteiger partial charge on any atom is 0.196 e. The van der Waals surface area contributed by atoms with E-state index >= 15 is 0 Å². The number of hydrogen-bond donors (Lipinski definition) is 2. The van der Waals surface area contributed by atoms with E-state index in [0.29, 0.717) is 18.6 Å². The molecule has 2 aliphatic heterocycles. The first-order valence-electron chi connectivity index (χ1n) is 7.67. The number of benzene rings is 1. The van der Waals surface area contributed by atoms with Crippen LogP contribution in [0.5, 0.6) is 11.5 Å². The highest BCUT2D eigenvalue weighted by Crippen LogP contribution is 2.63. The van der Waals surface area contributed by atoms with E-state index in [1.165, 1.54) is 6.08 Å². The van der Waals surface area contributed by atoms with E-state index < -0.39 is 17.1 Å². The number of nitrogens with zero attached hydrogens (tertiary/aromatic N) is 1. The van der Waals surface area contributed by atoms with Crippen LogP contribution in [0.25, 0.3) is 0 Å². The maximum atomic E-state index is 12.4. The molecule has 23 heavy (non-hydrogen) atoms. The Morgan fingerprint density at radius 1 is 1.39 bits per heavy atom. The predicted molar refractivity (Wildman–Crippen MR) is 85.3 cm³/mol. The van der Waals surface area contributed by atoms with Crippen LogP contribution in [0.15, 0.2) is 24.3 Å². The second-order valence-electron chi connectivity index (χ2n) is 6.93. The van der Waals surface area contributed by atoms with Gasteiger partial charge < -0.3 is 14.9 Å². The Bertz CT molecular complexity index is 763. The minimum atomic E-state index is -1.13. The first-order chi connectivity index (χ1) is 10.5. The van der Waals surface area contributed by atoms with Crippen LogP contribution in [0.2, 0.25) is 0 Å². The average molecular weight is 336 g/mol. The summed E-state index contributed by atoms with van der Waals surface area (Å²) in [6.45, 7) is 0.794. The van der Waals surface area contributed by atoms with Crippen molar-refractivity contribution in [1.82, 2.24) is 4.90 Å². The van der Waals surface area contributed by atoms with Gasteiger partial charge in [-0.3, -0.25) is 9.69 Å². The summed E-state index contributed by atoms with van der Waals surface area (Å²) < 4.78 is 5.89. The van der Waals surface area contributed by atoms with Crippen LogP contribution in [-0.4, -0.2) is 52.2 Å². The second-order valence-corrected chi connectivity index (χ2v) is 6.93. The molecule has 1 fully saturated rings. The molecule has 2 bridgehead atoms. The summed E-state index contributed by atoms with van der Waals surface area (Å²) in [5.41, 5.74) is 0.0177. The van der Waals surface area contributed by atoms with Gasteiger partial charge in [-0.2, -0.15) is 0 Å². The Labute approximate surface area is 140 Å². The van der Waals surface area contributed by atoms with Gasteiger partial charge in [0.1, 0.15) is 5.60 Å². The number of halogens is 1. The third-order valence-corrected chi connectivity index (χ3v) is 6.14. The first kappa shape index (κ1) is 15.0. The van der Waals surface area contributed by atoms with Crippen molar-refractivity contribution in [3.8, 4) is 11.5 Å². The predicted octanol–water partition coefficient (Wildman–Crippen LogP) is 0.943. The SMILES string of the molecule is CN1CC[C@]23c4c5ccc(O)c4O[C@H]2C(=O)C=CC3(O)C1C5.Cl. The molecule has 0 amide bonds. The molecule has 5 rings (SSSR count). The van der Waals surface area contributed by atoms with E-state index in [0.717, 1.165) is 17.7 Å². The summed E-state index contributed by atoms with van der Waals surface area (Å²) in [6, 6.07) is 3.44. The van der Waals surface area contributed by atoms with Gasteiger partial charge in [-0.15, -0.1) is 12.4 Å². The van der Waals surface area contributed by atoms with E-state index in [1.54, 1.807) is 12.1 Å². The lowest BCUT2D eigenvalue weighted by Gasteiger charge is -2.60. The molecule has 5 nitrogen and oxygen atoms in total. The van der Waals surface area contributed by atoms with Crippen molar-refractivity contribution in [2.75, 3.05) is 13.6 Å². The lowest BCUT2D eigenvalue weighted by Crippen LogP contribution is -2.74. The number of phenolic OH excluding ortho intramolecular Hbond substituents is 1. The van der Waals surface area contributed by atoms with Crippen LogP contribution in [0.1, 0.15) is 17.5 Å². The Kier molecular flexibility index (Phi) is 2.80.